The largest absolute Gasteiger partial charge is 0.497 e. The summed E-state index contributed by atoms with van der Waals surface area (Å²) in [5, 5.41) is 0. The Morgan fingerprint density at radius 3 is 2.43 bits per heavy atom. The molecule has 1 N–H and O–H groups in total. The zero-order valence-corrected chi connectivity index (χ0v) is 15.3. The second-order valence-electron chi connectivity index (χ2n) is 4.70. The summed E-state index contributed by atoms with van der Waals surface area (Å²) in [7, 11) is -2.10. The molecule has 0 spiro atoms. The van der Waals surface area contributed by atoms with Gasteiger partial charge in [0.2, 0.25) is 10.0 Å². The fourth-order valence-electron chi connectivity index (χ4n) is 1.97. The van der Waals surface area contributed by atoms with Crippen LogP contribution >= 0.6 is 15.9 Å². The molecule has 0 saturated carbocycles. The third-order valence-electron chi connectivity index (χ3n) is 3.12. The van der Waals surface area contributed by atoms with E-state index in [1.165, 1.54) is 6.07 Å². The summed E-state index contributed by atoms with van der Waals surface area (Å²) in [6.45, 7) is 2.39. The summed E-state index contributed by atoms with van der Waals surface area (Å²) in [6.07, 6.45) is 0. The topological polar surface area (TPSA) is 64.6 Å². The average molecular weight is 400 g/mol. The first-order valence-electron chi connectivity index (χ1n) is 7.01. The lowest BCUT2D eigenvalue weighted by atomic mass is 10.2. The van der Waals surface area contributed by atoms with Gasteiger partial charge in [0, 0.05) is 11.0 Å². The molecule has 0 aliphatic rings. The number of benzene rings is 2. The number of methoxy groups -OCH3 is 1. The second-order valence-corrected chi connectivity index (χ2v) is 7.35. The Labute approximate surface area is 144 Å². The third-order valence-corrected chi connectivity index (χ3v) is 5.04. The predicted molar refractivity (Wildman–Crippen MR) is 92.3 cm³/mol. The molecule has 0 atom stereocenters. The lowest BCUT2D eigenvalue weighted by molar-refractivity contribution is 0.331. The van der Waals surface area contributed by atoms with E-state index in [1.54, 1.807) is 31.4 Å². The van der Waals surface area contributed by atoms with Crippen LogP contribution in [0.4, 0.5) is 0 Å². The molecular weight excluding hydrogens is 382 g/mol. The fourth-order valence-corrected chi connectivity index (χ4v) is 3.66. The molecule has 0 aliphatic heterocycles. The fraction of sp³-hybridized carbons (Fsp3) is 0.250. The lowest BCUT2D eigenvalue weighted by Gasteiger charge is -2.12. The molecule has 2 aromatic carbocycles. The third kappa shape index (κ3) is 4.70. The Hall–Kier alpha value is -1.57. The average Bonchev–Trinajstić information content (AvgIpc) is 2.55. The van der Waals surface area contributed by atoms with E-state index in [2.05, 4.69) is 20.7 Å². The highest BCUT2D eigenvalue weighted by Gasteiger charge is 2.20. The Kier molecular flexibility index (Phi) is 6.04. The lowest BCUT2D eigenvalue weighted by Crippen LogP contribution is -2.24. The van der Waals surface area contributed by atoms with Gasteiger partial charge < -0.3 is 9.47 Å². The Morgan fingerprint density at radius 1 is 1.13 bits per heavy atom. The van der Waals surface area contributed by atoms with E-state index >= 15 is 0 Å². The van der Waals surface area contributed by atoms with Crippen molar-refractivity contribution in [3.05, 3.63) is 52.5 Å². The van der Waals surface area contributed by atoms with Crippen molar-refractivity contribution in [3.63, 3.8) is 0 Å². The van der Waals surface area contributed by atoms with Crippen LogP contribution in [0.25, 0.3) is 0 Å². The van der Waals surface area contributed by atoms with Crippen LogP contribution in [0, 0.1) is 0 Å². The van der Waals surface area contributed by atoms with E-state index in [0.717, 1.165) is 11.3 Å². The van der Waals surface area contributed by atoms with Crippen molar-refractivity contribution in [1.29, 1.82) is 0 Å². The van der Waals surface area contributed by atoms with Gasteiger partial charge in [-0.1, -0.05) is 28.1 Å². The van der Waals surface area contributed by atoms with Gasteiger partial charge in [-0.15, -0.1) is 0 Å². The van der Waals surface area contributed by atoms with Crippen LogP contribution in [0.2, 0.25) is 0 Å². The Balaban J connectivity index is 2.19. The molecule has 0 fully saturated rings. The maximum Gasteiger partial charge on any atom is 0.244 e. The molecule has 2 rings (SSSR count). The van der Waals surface area contributed by atoms with E-state index in [0.29, 0.717) is 16.8 Å². The summed E-state index contributed by atoms with van der Waals surface area (Å²) in [5.41, 5.74) is 0.835. The van der Waals surface area contributed by atoms with Gasteiger partial charge in [-0.25, -0.2) is 13.1 Å². The monoisotopic (exact) mass is 399 g/mol. The van der Waals surface area contributed by atoms with Gasteiger partial charge in [0.25, 0.3) is 0 Å². The molecular formula is C16H18BrNO4S. The zero-order valence-electron chi connectivity index (χ0n) is 12.9. The van der Waals surface area contributed by atoms with Crippen LogP contribution in [0.1, 0.15) is 12.5 Å². The van der Waals surface area contributed by atoms with Gasteiger partial charge in [-0.3, -0.25) is 0 Å². The number of sulfonamides is 1. The number of ether oxygens (including phenoxy) is 2. The van der Waals surface area contributed by atoms with Gasteiger partial charge in [0.1, 0.15) is 16.4 Å². The first-order valence-corrected chi connectivity index (χ1v) is 9.29. The minimum absolute atomic E-state index is 0.113. The maximum absolute atomic E-state index is 12.5. The van der Waals surface area contributed by atoms with Crippen molar-refractivity contribution in [2.24, 2.45) is 0 Å². The highest BCUT2D eigenvalue weighted by molar-refractivity contribution is 9.10. The van der Waals surface area contributed by atoms with E-state index < -0.39 is 10.0 Å². The molecule has 0 radical (unpaired) electrons. The van der Waals surface area contributed by atoms with Crippen molar-refractivity contribution >= 4 is 26.0 Å². The quantitative estimate of drug-likeness (QED) is 0.775. The Bertz CT molecular complexity index is 760. The van der Waals surface area contributed by atoms with Crippen molar-refractivity contribution in [1.82, 2.24) is 4.72 Å². The number of hydrogen-bond donors (Lipinski definition) is 1. The summed E-state index contributed by atoms with van der Waals surface area (Å²) < 4.78 is 38.8. The highest BCUT2D eigenvalue weighted by Crippen LogP contribution is 2.27. The van der Waals surface area contributed by atoms with Gasteiger partial charge in [0.05, 0.1) is 13.7 Å². The normalized spacial score (nSPS) is 11.3. The highest BCUT2D eigenvalue weighted by atomic mass is 79.9. The van der Waals surface area contributed by atoms with Crippen LogP contribution in [0.5, 0.6) is 11.5 Å². The van der Waals surface area contributed by atoms with Gasteiger partial charge in [-0.05, 0) is 42.8 Å². The first-order chi connectivity index (χ1) is 11.0. The Morgan fingerprint density at radius 2 is 1.83 bits per heavy atom. The van der Waals surface area contributed by atoms with Crippen LogP contribution in [-0.4, -0.2) is 22.1 Å². The SMILES string of the molecule is CCOc1ccc(Br)cc1S(=O)(=O)NCc1ccc(OC)cc1. The molecule has 0 unspecified atom stereocenters. The maximum atomic E-state index is 12.5. The van der Waals surface area contributed by atoms with Gasteiger partial charge in [-0.2, -0.15) is 0 Å². The molecule has 5 nitrogen and oxygen atoms in total. The van der Waals surface area contributed by atoms with E-state index in [4.69, 9.17) is 9.47 Å². The standard InChI is InChI=1S/C16H18BrNO4S/c1-3-22-15-9-6-13(17)10-16(15)23(19,20)18-11-12-4-7-14(21-2)8-5-12/h4-10,18H,3,11H2,1-2H3. The molecule has 23 heavy (non-hydrogen) atoms. The molecule has 0 aliphatic carbocycles. The minimum Gasteiger partial charge on any atom is -0.497 e. The molecule has 0 amide bonds. The van der Waals surface area contributed by atoms with Crippen LogP contribution < -0.4 is 14.2 Å². The van der Waals surface area contributed by atoms with Crippen molar-refractivity contribution in [2.45, 2.75) is 18.4 Å². The molecule has 0 bridgehead atoms. The second kappa shape index (κ2) is 7.81. The molecule has 2 aromatic rings. The van der Waals surface area contributed by atoms with E-state index in [1.807, 2.05) is 19.1 Å². The molecule has 124 valence electrons. The minimum atomic E-state index is -3.69. The molecule has 0 saturated heterocycles. The molecule has 7 heteroatoms. The molecule has 0 aromatic heterocycles. The van der Waals surface area contributed by atoms with Crippen LogP contribution in [-0.2, 0) is 16.6 Å². The van der Waals surface area contributed by atoms with E-state index in [9.17, 15) is 8.42 Å². The summed E-state index contributed by atoms with van der Waals surface area (Å²) in [4.78, 5) is 0.113. The van der Waals surface area contributed by atoms with Crippen molar-refractivity contribution in [2.75, 3.05) is 13.7 Å². The summed E-state index contributed by atoms with van der Waals surface area (Å²) in [6, 6.07) is 12.1. The van der Waals surface area contributed by atoms with Crippen LogP contribution in [0.15, 0.2) is 51.8 Å². The molecule has 0 heterocycles. The van der Waals surface area contributed by atoms with Gasteiger partial charge >= 0.3 is 0 Å². The zero-order chi connectivity index (χ0) is 16.9. The number of hydrogen-bond acceptors (Lipinski definition) is 4. The number of rotatable bonds is 7. The predicted octanol–water partition coefficient (Wildman–Crippen LogP) is 3.33. The van der Waals surface area contributed by atoms with Gasteiger partial charge in [0.15, 0.2) is 0 Å². The van der Waals surface area contributed by atoms with Crippen molar-refractivity contribution in [3.8, 4) is 11.5 Å². The van der Waals surface area contributed by atoms with Crippen LogP contribution in [0.3, 0.4) is 0 Å². The smallest absolute Gasteiger partial charge is 0.244 e. The van der Waals surface area contributed by atoms with Crippen molar-refractivity contribution < 1.29 is 17.9 Å². The summed E-state index contributed by atoms with van der Waals surface area (Å²) in [5.74, 6) is 1.06. The number of halogens is 1. The number of nitrogens with one attached hydrogen (secondary N) is 1. The van der Waals surface area contributed by atoms with E-state index in [-0.39, 0.29) is 11.4 Å². The summed E-state index contributed by atoms with van der Waals surface area (Å²) >= 11 is 3.29. The first kappa shape index (κ1) is 17.8.